The number of rotatable bonds is 2. The Bertz CT molecular complexity index is 112. The van der Waals surface area contributed by atoms with Gasteiger partial charge in [-0.2, -0.15) is 0 Å². The van der Waals surface area contributed by atoms with E-state index in [0.29, 0.717) is 0 Å². The molecule has 4 heteroatoms. The molecule has 0 radical (unpaired) electrons. The van der Waals surface area contributed by atoms with Gasteiger partial charge in [0.1, 0.15) is 0 Å². The highest BCUT2D eigenvalue weighted by atomic mass is 16.7. The van der Waals surface area contributed by atoms with E-state index in [2.05, 4.69) is 15.3 Å². The van der Waals surface area contributed by atoms with Gasteiger partial charge in [-0.15, -0.1) is 0 Å². The van der Waals surface area contributed by atoms with E-state index in [1.165, 1.54) is 13.3 Å². The van der Waals surface area contributed by atoms with E-state index >= 15 is 0 Å². The first-order valence-electron chi connectivity index (χ1n) is 2.71. The van der Waals surface area contributed by atoms with E-state index in [9.17, 15) is 4.79 Å². The van der Waals surface area contributed by atoms with Gasteiger partial charge >= 0.3 is 6.09 Å². The van der Waals surface area contributed by atoms with Crippen LogP contribution in [0.5, 0.6) is 0 Å². The Balaban J connectivity index is 3.26. The molecule has 1 N–H and O–H groups in total. The van der Waals surface area contributed by atoms with Crippen LogP contribution in [0, 0.1) is 0 Å². The summed E-state index contributed by atoms with van der Waals surface area (Å²) in [5, 5.41) is 5.57. The normalized spacial score (nSPS) is 9.56. The average molecular weight is 130 g/mol. The Morgan fingerprint density at radius 1 is 1.89 bits per heavy atom. The van der Waals surface area contributed by atoms with Gasteiger partial charge < -0.3 is 5.32 Å². The molecule has 0 spiro atoms. The molecule has 0 saturated heterocycles. The first-order chi connectivity index (χ1) is 4.31. The SMILES string of the molecule is CCC=NOC(=O)NC. The second-order valence-corrected chi connectivity index (χ2v) is 1.32. The molecule has 0 bridgehead atoms. The molecular formula is C5H10N2O2. The Kier molecular flexibility index (Phi) is 4.49. The van der Waals surface area contributed by atoms with Crippen LogP contribution >= 0.6 is 0 Å². The van der Waals surface area contributed by atoms with E-state index in [-0.39, 0.29) is 0 Å². The molecule has 0 rings (SSSR count). The fourth-order valence-electron chi connectivity index (χ4n) is 0.205. The molecule has 0 aliphatic heterocycles. The lowest BCUT2D eigenvalue weighted by atomic mass is 10.6. The quantitative estimate of drug-likeness (QED) is 0.340. The predicted octanol–water partition coefficient (Wildman–Crippen LogP) is 0.738. The molecule has 0 atom stereocenters. The molecule has 0 aromatic rings. The van der Waals surface area contributed by atoms with E-state index in [1.54, 1.807) is 0 Å². The number of amides is 1. The maximum Gasteiger partial charge on any atom is 0.433 e. The summed E-state index contributed by atoms with van der Waals surface area (Å²) in [5.74, 6) is 0. The van der Waals surface area contributed by atoms with Gasteiger partial charge in [-0.1, -0.05) is 12.1 Å². The molecule has 0 unspecified atom stereocenters. The van der Waals surface area contributed by atoms with Crippen LogP contribution in [0.3, 0.4) is 0 Å². The van der Waals surface area contributed by atoms with Gasteiger partial charge in [-0.05, 0) is 6.42 Å². The van der Waals surface area contributed by atoms with Crippen molar-refractivity contribution in [3.8, 4) is 0 Å². The highest BCUT2D eigenvalue weighted by Crippen LogP contribution is 1.76. The van der Waals surface area contributed by atoms with Crippen molar-refractivity contribution < 1.29 is 9.63 Å². The summed E-state index contributed by atoms with van der Waals surface area (Å²) < 4.78 is 0. The van der Waals surface area contributed by atoms with Crippen molar-refractivity contribution in [3.05, 3.63) is 0 Å². The third-order valence-corrected chi connectivity index (χ3v) is 0.597. The predicted molar refractivity (Wildman–Crippen MR) is 34.3 cm³/mol. The monoisotopic (exact) mass is 130 g/mol. The summed E-state index contributed by atoms with van der Waals surface area (Å²) in [5.41, 5.74) is 0. The summed E-state index contributed by atoms with van der Waals surface area (Å²) >= 11 is 0. The van der Waals surface area contributed by atoms with Crippen molar-refractivity contribution in [2.75, 3.05) is 7.05 Å². The molecule has 0 saturated carbocycles. The van der Waals surface area contributed by atoms with Crippen LogP contribution in [0.2, 0.25) is 0 Å². The molecule has 0 heterocycles. The molecule has 1 amide bonds. The number of nitrogens with zero attached hydrogens (tertiary/aromatic N) is 1. The Labute approximate surface area is 53.9 Å². The van der Waals surface area contributed by atoms with Gasteiger partial charge in [-0.25, -0.2) is 4.79 Å². The number of hydrogen-bond donors (Lipinski definition) is 1. The number of oxime groups is 1. The molecule has 52 valence electrons. The lowest BCUT2D eigenvalue weighted by Gasteiger charge is -1.91. The van der Waals surface area contributed by atoms with E-state index in [4.69, 9.17) is 0 Å². The number of carbonyl (C=O) groups is 1. The highest BCUT2D eigenvalue weighted by Gasteiger charge is 1.90. The summed E-state index contributed by atoms with van der Waals surface area (Å²) in [7, 11) is 1.48. The summed E-state index contributed by atoms with van der Waals surface area (Å²) in [6.07, 6.45) is 1.73. The average Bonchev–Trinajstić information content (AvgIpc) is 1.89. The topological polar surface area (TPSA) is 50.7 Å². The molecule has 0 aromatic heterocycles. The van der Waals surface area contributed by atoms with Gasteiger partial charge in [0.25, 0.3) is 0 Å². The zero-order valence-corrected chi connectivity index (χ0v) is 5.55. The zero-order chi connectivity index (χ0) is 7.11. The lowest BCUT2D eigenvalue weighted by Crippen LogP contribution is -2.16. The number of nitrogens with one attached hydrogen (secondary N) is 1. The lowest BCUT2D eigenvalue weighted by molar-refractivity contribution is 0.153. The fraction of sp³-hybridized carbons (Fsp3) is 0.600. The second kappa shape index (κ2) is 5.08. The first-order valence-corrected chi connectivity index (χ1v) is 2.71. The minimum absolute atomic E-state index is 0.542. The Morgan fingerprint density at radius 2 is 2.56 bits per heavy atom. The third-order valence-electron chi connectivity index (χ3n) is 0.597. The minimum Gasteiger partial charge on any atom is -0.323 e. The summed E-state index contributed by atoms with van der Waals surface area (Å²) in [6.45, 7) is 1.90. The number of carbonyl (C=O) groups excluding carboxylic acids is 1. The van der Waals surface area contributed by atoms with E-state index in [0.717, 1.165) is 6.42 Å². The van der Waals surface area contributed by atoms with Crippen molar-refractivity contribution in [2.24, 2.45) is 5.16 Å². The summed E-state index contributed by atoms with van der Waals surface area (Å²) in [6, 6.07) is 0. The molecular weight excluding hydrogens is 120 g/mol. The van der Waals surface area contributed by atoms with Crippen molar-refractivity contribution in [1.82, 2.24) is 5.32 Å². The Hall–Kier alpha value is -1.06. The largest absolute Gasteiger partial charge is 0.433 e. The van der Waals surface area contributed by atoms with Crippen LogP contribution in [0.15, 0.2) is 5.16 Å². The third kappa shape index (κ3) is 4.80. The van der Waals surface area contributed by atoms with Gasteiger partial charge in [0.2, 0.25) is 0 Å². The van der Waals surface area contributed by atoms with Gasteiger partial charge in [0.05, 0.1) is 0 Å². The second-order valence-electron chi connectivity index (χ2n) is 1.32. The van der Waals surface area contributed by atoms with Gasteiger partial charge in [0.15, 0.2) is 0 Å². The van der Waals surface area contributed by atoms with Crippen LogP contribution in [-0.2, 0) is 4.84 Å². The fourth-order valence-corrected chi connectivity index (χ4v) is 0.205. The van der Waals surface area contributed by atoms with Crippen LogP contribution in [-0.4, -0.2) is 19.4 Å². The Morgan fingerprint density at radius 3 is 3.00 bits per heavy atom. The van der Waals surface area contributed by atoms with Crippen LogP contribution in [0.25, 0.3) is 0 Å². The maximum absolute atomic E-state index is 10.2. The van der Waals surface area contributed by atoms with Crippen LogP contribution in [0.4, 0.5) is 4.79 Å². The van der Waals surface area contributed by atoms with Crippen LogP contribution in [0.1, 0.15) is 13.3 Å². The van der Waals surface area contributed by atoms with E-state index < -0.39 is 6.09 Å². The van der Waals surface area contributed by atoms with Crippen molar-refractivity contribution in [1.29, 1.82) is 0 Å². The van der Waals surface area contributed by atoms with Crippen molar-refractivity contribution in [2.45, 2.75) is 13.3 Å². The van der Waals surface area contributed by atoms with Crippen molar-refractivity contribution >= 4 is 12.3 Å². The molecule has 0 aliphatic rings. The standard InChI is InChI=1S/C5H10N2O2/c1-3-4-7-9-5(8)6-2/h4H,3H2,1-2H3,(H,6,8). The smallest absolute Gasteiger partial charge is 0.323 e. The maximum atomic E-state index is 10.2. The minimum atomic E-state index is -0.542. The molecule has 0 aliphatic carbocycles. The molecule has 9 heavy (non-hydrogen) atoms. The zero-order valence-electron chi connectivity index (χ0n) is 5.55. The number of hydrogen-bond acceptors (Lipinski definition) is 3. The van der Waals surface area contributed by atoms with Gasteiger partial charge in [-0.3, -0.25) is 4.84 Å². The molecule has 0 fully saturated rings. The highest BCUT2D eigenvalue weighted by molar-refractivity contribution is 5.67. The summed E-state index contributed by atoms with van der Waals surface area (Å²) in [4.78, 5) is 14.5. The van der Waals surface area contributed by atoms with Gasteiger partial charge in [0, 0.05) is 13.3 Å². The molecule has 0 aromatic carbocycles. The van der Waals surface area contributed by atoms with Crippen LogP contribution < -0.4 is 5.32 Å². The molecule has 4 nitrogen and oxygen atoms in total. The van der Waals surface area contributed by atoms with E-state index in [1.807, 2.05) is 6.92 Å². The first kappa shape index (κ1) is 7.94. The van der Waals surface area contributed by atoms with Crippen molar-refractivity contribution in [3.63, 3.8) is 0 Å².